The lowest BCUT2D eigenvalue weighted by molar-refractivity contribution is -0.156. The molecule has 0 radical (unpaired) electrons. The molecule has 0 unspecified atom stereocenters. The van der Waals surface area contributed by atoms with E-state index in [0.717, 1.165) is 19.3 Å². The van der Waals surface area contributed by atoms with Gasteiger partial charge in [0.05, 0.1) is 6.61 Å². The second kappa shape index (κ2) is 7.90. The first-order valence-electron chi connectivity index (χ1n) is 4.66. The van der Waals surface area contributed by atoms with Gasteiger partial charge in [0.25, 0.3) is 0 Å². The number of carbonyl (C=O) groups excluding carboxylic acids is 3. The number of hydrogen-bond acceptors (Lipinski definition) is 5. The molecule has 0 fully saturated rings. The van der Waals surface area contributed by atoms with E-state index < -0.39 is 18.2 Å². The summed E-state index contributed by atoms with van der Waals surface area (Å²) in [6.07, 6.45) is 2.24. The van der Waals surface area contributed by atoms with E-state index in [2.05, 4.69) is 9.47 Å². The number of esters is 1. The zero-order valence-corrected chi connectivity index (χ0v) is 8.45. The summed E-state index contributed by atoms with van der Waals surface area (Å²) < 4.78 is 19.7. The Hall–Kier alpha value is -1.46. The molecule has 0 saturated carbocycles. The lowest BCUT2D eigenvalue weighted by Gasteiger charge is -2.02. The highest BCUT2D eigenvalue weighted by Gasteiger charge is 2.19. The molecule has 86 valence electrons. The van der Waals surface area contributed by atoms with Crippen LogP contribution in [0.1, 0.15) is 32.6 Å². The van der Waals surface area contributed by atoms with Crippen molar-refractivity contribution in [3.63, 3.8) is 0 Å². The SMILES string of the molecule is CCCCCCOC(=O)OC(=O)C(=O)F. The Balaban J connectivity index is 3.49. The fourth-order valence-electron chi connectivity index (χ4n) is 0.830. The topological polar surface area (TPSA) is 69.7 Å². The predicted molar refractivity (Wildman–Crippen MR) is 47.7 cm³/mol. The van der Waals surface area contributed by atoms with Gasteiger partial charge < -0.3 is 9.47 Å². The first kappa shape index (κ1) is 13.5. The summed E-state index contributed by atoms with van der Waals surface area (Å²) in [7, 11) is 0. The Labute approximate surface area is 86.5 Å². The monoisotopic (exact) mass is 220 g/mol. The van der Waals surface area contributed by atoms with Gasteiger partial charge in [-0.05, 0) is 6.42 Å². The number of halogens is 1. The molecule has 5 nitrogen and oxygen atoms in total. The molecule has 0 aromatic rings. The van der Waals surface area contributed by atoms with Crippen molar-refractivity contribution in [3.05, 3.63) is 0 Å². The zero-order chi connectivity index (χ0) is 11.7. The third-order valence-electron chi connectivity index (χ3n) is 1.55. The Morgan fingerprint density at radius 1 is 1.13 bits per heavy atom. The van der Waals surface area contributed by atoms with Crippen LogP contribution < -0.4 is 0 Å². The number of hydrogen-bond donors (Lipinski definition) is 0. The Morgan fingerprint density at radius 3 is 2.33 bits per heavy atom. The van der Waals surface area contributed by atoms with Gasteiger partial charge in [-0.25, -0.2) is 14.4 Å². The van der Waals surface area contributed by atoms with Crippen LogP contribution in [0.4, 0.5) is 9.18 Å². The molecule has 0 aliphatic carbocycles. The smallest absolute Gasteiger partial charge is 0.434 e. The first-order chi connectivity index (χ1) is 7.07. The molecule has 0 atom stereocenters. The minimum Gasteiger partial charge on any atom is -0.434 e. The molecule has 0 spiro atoms. The lowest BCUT2D eigenvalue weighted by atomic mass is 10.2. The van der Waals surface area contributed by atoms with Crippen molar-refractivity contribution < 1.29 is 28.2 Å². The van der Waals surface area contributed by atoms with Crippen molar-refractivity contribution in [2.24, 2.45) is 0 Å². The van der Waals surface area contributed by atoms with E-state index in [-0.39, 0.29) is 6.61 Å². The molecular weight excluding hydrogens is 207 g/mol. The molecule has 0 aliphatic heterocycles. The minimum atomic E-state index is -2.32. The normalized spacial score (nSPS) is 9.47. The summed E-state index contributed by atoms with van der Waals surface area (Å²) in [5.41, 5.74) is 0. The molecule has 0 aliphatic rings. The van der Waals surface area contributed by atoms with Crippen LogP contribution in [0.25, 0.3) is 0 Å². The third-order valence-corrected chi connectivity index (χ3v) is 1.55. The van der Waals surface area contributed by atoms with Gasteiger partial charge in [-0.1, -0.05) is 26.2 Å². The maximum absolute atomic E-state index is 11.6. The van der Waals surface area contributed by atoms with Crippen molar-refractivity contribution >= 4 is 18.2 Å². The largest absolute Gasteiger partial charge is 0.516 e. The van der Waals surface area contributed by atoms with E-state index in [1.54, 1.807) is 0 Å². The van der Waals surface area contributed by atoms with Gasteiger partial charge in [0.1, 0.15) is 0 Å². The summed E-state index contributed by atoms with van der Waals surface area (Å²) in [5, 5.41) is 0. The number of rotatable bonds is 6. The van der Waals surface area contributed by atoms with Crippen LogP contribution in [0.15, 0.2) is 0 Å². The summed E-state index contributed by atoms with van der Waals surface area (Å²) in [6, 6.07) is -2.32. The number of unbranched alkanes of at least 4 members (excludes halogenated alkanes) is 3. The molecule has 0 saturated heterocycles. The molecule has 0 heterocycles. The minimum absolute atomic E-state index is 0.0899. The maximum Gasteiger partial charge on any atom is 0.516 e. The summed E-state index contributed by atoms with van der Waals surface area (Å²) >= 11 is 0. The van der Waals surface area contributed by atoms with Gasteiger partial charge >= 0.3 is 18.2 Å². The van der Waals surface area contributed by atoms with Crippen LogP contribution in [-0.2, 0) is 19.1 Å². The van der Waals surface area contributed by atoms with Gasteiger partial charge in [0.2, 0.25) is 0 Å². The van der Waals surface area contributed by atoms with Crippen molar-refractivity contribution in [1.82, 2.24) is 0 Å². The fourth-order valence-corrected chi connectivity index (χ4v) is 0.830. The molecule has 0 N–H and O–H groups in total. The van der Waals surface area contributed by atoms with Crippen LogP contribution in [0.2, 0.25) is 0 Å². The van der Waals surface area contributed by atoms with E-state index in [9.17, 15) is 18.8 Å². The average Bonchev–Trinajstić information content (AvgIpc) is 2.17. The van der Waals surface area contributed by atoms with Crippen molar-refractivity contribution in [2.75, 3.05) is 6.61 Å². The molecule has 0 amide bonds. The quantitative estimate of drug-likeness (QED) is 0.224. The van der Waals surface area contributed by atoms with Crippen molar-refractivity contribution in [1.29, 1.82) is 0 Å². The van der Waals surface area contributed by atoms with E-state index in [1.165, 1.54) is 0 Å². The Kier molecular flexibility index (Phi) is 7.13. The fraction of sp³-hybridized carbons (Fsp3) is 0.667. The van der Waals surface area contributed by atoms with E-state index >= 15 is 0 Å². The van der Waals surface area contributed by atoms with Gasteiger partial charge in [-0.2, -0.15) is 4.39 Å². The van der Waals surface area contributed by atoms with Crippen molar-refractivity contribution in [2.45, 2.75) is 32.6 Å². The van der Waals surface area contributed by atoms with Gasteiger partial charge in [0, 0.05) is 0 Å². The highest BCUT2D eigenvalue weighted by Crippen LogP contribution is 1.99. The molecule has 0 bridgehead atoms. The average molecular weight is 220 g/mol. The summed E-state index contributed by atoms with van der Waals surface area (Å²) in [5.74, 6) is -1.85. The van der Waals surface area contributed by atoms with Crippen molar-refractivity contribution in [3.8, 4) is 0 Å². The second-order valence-electron chi connectivity index (χ2n) is 2.82. The van der Waals surface area contributed by atoms with Crippen LogP contribution in [0, 0.1) is 0 Å². The number of carbonyl (C=O) groups is 3. The standard InChI is InChI=1S/C9H13FO5/c1-2-3-4-5-6-14-9(13)15-8(12)7(10)11/h2-6H2,1H3. The lowest BCUT2D eigenvalue weighted by Crippen LogP contribution is -2.19. The molecular formula is C9H13FO5. The molecule has 0 aromatic heterocycles. The van der Waals surface area contributed by atoms with Crippen LogP contribution in [0.3, 0.4) is 0 Å². The summed E-state index contributed by atoms with van der Waals surface area (Å²) in [6.45, 7) is 2.12. The van der Waals surface area contributed by atoms with E-state index in [0.29, 0.717) is 6.42 Å². The van der Waals surface area contributed by atoms with Crippen LogP contribution in [0.5, 0.6) is 0 Å². The van der Waals surface area contributed by atoms with Crippen LogP contribution >= 0.6 is 0 Å². The molecule has 15 heavy (non-hydrogen) atoms. The van der Waals surface area contributed by atoms with Gasteiger partial charge in [-0.15, -0.1) is 0 Å². The van der Waals surface area contributed by atoms with Gasteiger partial charge in [0.15, 0.2) is 0 Å². The summed E-state index contributed by atoms with van der Waals surface area (Å²) in [4.78, 5) is 30.6. The molecule has 0 rings (SSSR count). The highest BCUT2D eigenvalue weighted by atomic mass is 19.1. The molecule has 0 aromatic carbocycles. The predicted octanol–water partition coefficient (Wildman–Crippen LogP) is 1.74. The van der Waals surface area contributed by atoms with E-state index in [4.69, 9.17) is 0 Å². The first-order valence-corrected chi connectivity index (χ1v) is 4.66. The Morgan fingerprint density at radius 2 is 1.80 bits per heavy atom. The highest BCUT2D eigenvalue weighted by molar-refractivity contribution is 6.30. The maximum atomic E-state index is 11.6. The number of ether oxygens (including phenoxy) is 2. The zero-order valence-electron chi connectivity index (χ0n) is 8.45. The third kappa shape index (κ3) is 7.60. The molecule has 6 heteroatoms. The van der Waals surface area contributed by atoms with Gasteiger partial charge in [-0.3, -0.25) is 0 Å². The second-order valence-corrected chi connectivity index (χ2v) is 2.82. The van der Waals surface area contributed by atoms with E-state index in [1.807, 2.05) is 6.92 Å². The Bertz CT molecular complexity index is 239. The van der Waals surface area contributed by atoms with Crippen LogP contribution in [-0.4, -0.2) is 24.8 Å².